The number of likely N-dealkylation sites (tertiary alicyclic amines) is 2. The van der Waals surface area contributed by atoms with Gasteiger partial charge in [0.1, 0.15) is 17.2 Å². The molecule has 1 spiro atoms. The van der Waals surface area contributed by atoms with Crippen molar-refractivity contribution in [3.8, 4) is 0 Å². The molecule has 4 aliphatic rings. The van der Waals surface area contributed by atoms with Crippen molar-refractivity contribution in [1.29, 1.82) is 0 Å². The first-order chi connectivity index (χ1) is 19.4. The molecule has 3 heterocycles. The third kappa shape index (κ3) is 5.63. The molecule has 0 bridgehead atoms. The second-order valence-corrected chi connectivity index (χ2v) is 15.6. The van der Waals surface area contributed by atoms with Gasteiger partial charge in [-0.2, -0.15) is 9.29 Å². The summed E-state index contributed by atoms with van der Waals surface area (Å²) in [6, 6.07) is -0.934. The van der Waals surface area contributed by atoms with Crippen LogP contribution in [0.15, 0.2) is 4.52 Å². The van der Waals surface area contributed by atoms with Crippen LogP contribution >= 0.6 is 0 Å². The van der Waals surface area contributed by atoms with E-state index in [2.05, 4.69) is 10.1 Å². The number of carbonyl (C=O) groups is 2. The number of carbonyl (C=O) groups excluding carboxylic acids is 2. The van der Waals surface area contributed by atoms with Crippen LogP contribution in [0.25, 0.3) is 0 Å². The summed E-state index contributed by atoms with van der Waals surface area (Å²) in [5.41, 5.74) is -2.50. The Morgan fingerprint density at radius 1 is 1.14 bits per heavy atom. The van der Waals surface area contributed by atoms with Gasteiger partial charge in [-0.25, -0.2) is 22.0 Å². The van der Waals surface area contributed by atoms with E-state index < -0.39 is 69.5 Å². The van der Waals surface area contributed by atoms with Crippen molar-refractivity contribution in [2.24, 2.45) is 5.41 Å². The van der Waals surface area contributed by atoms with Gasteiger partial charge < -0.3 is 19.3 Å². The van der Waals surface area contributed by atoms with Crippen LogP contribution < -0.4 is 0 Å². The van der Waals surface area contributed by atoms with Gasteiger partial charge in [0.2, 0.25) is 27.7 Å². The Morgan fingerprint density at radius 2 is 1.76 bits per heavy atom. The molecule has 236 valence electrons. The predicted molar refractivity (Wildman–Crippen MR) is 145 cm³/mol. The van der Waals surface area contributed by atoms with Crippen LogP contribution in [0.2, 0.25) is 0 Å². The second-order valence-electron chi connectivity index (χ2n) is 13.6. The van der Waals surface area contributed by atoms with Crippen molar-refractivity contribution in [1.82, 2.24) is 24.2 Å². The second kappa shape index (κ2) is 10.4. The minimum Gasteiger partial charge on any atom is -0.444 e. The van der Waals surface area contributed by atoms with Crippen molar-refractivity contribution in [2.45, 2.75) is 107 Å². The van der Waals surface area contributed by atoms with Gasteiger partial charge in [0.15, 0.2) is 5.82 Å². The number of rotatable bonds is 5. The lowest BCUT2D eigenvalue weighted by molar-refractivity contribution is -0.154. The zero-order valence-corrected chi connectivity index (χ0v) is 25.6. The molecular weight excluding hydrogens is 576 g/mol. The fraction of sp³-hybridized carbons (Fsp3) is 0.852. The topological polar surface area (TPSA) is 146 Å². The number of hydrogen-bond acceptors (Lipinski definition) is 9. The summed E-state index contributed by atoms with van der Waals surface area (Å²) in [5, 5.41) is 14.9. The quantitative estimate of drug-likeness (QED) is 0.527. The third-order valence-corrected chi connectivity index (χ3v) is 10.9. The Morgan fingerprint density at radius 3 is 2.26 bits per heavy atom. The molecule has 2 aliphatic carbocycles. The van der Waals surface area contributed by atoms with E-state index >= 15 is 0 Å². The highest BCUT2D eigenvalue weighted by Crippen LogP contribution is 2.50. The average Bonchev–Trinajstić information content (AvgIpc) is 3.34. The van der Waals surface area contributed by atoms with E-state index in [4.69, 9.17) is 9.26 Å². The number of hydrogen-bond donors (Lipinski definition) is 1. The van der Waals surface area contributed by atoms with Crippen molar-refractivity contribution in [3.63, 3.8) is 0 Å². The minimum absolute atomic E-state index is 0.00290. The zero-order chi connectivity index (χ0) is 30.9. The highest BCUT2D eigenvalue weighted by atomic mass is 32.2. The molecule has 5 rings (SSSR count). The number of sulfonamides is 1. The van der Waals surface area contributed by atoms with Crippen molar-refractivity contribution >= 4 is 22.0 Å². The number of piperidine rings is 2. The molecule has 2 amide bonds. The largest absolute Gasteiger partial charge is 0.444 e. The van der Waals surface area contributed by atoms with Crippen LogP contribution in [-0.4, -0.2) is 106 Å². The predicted octanol–water partition coefficient (Wildman–Crippen LogP) is 2.83. The lowest BCUT2D eigenvalue weighted by Gasteiger charge is -2.54. The van der Waals surface area contributed by atoms with E-state index in [-0.39, 0.29) is 56.5 Å². The van der Waals surface area contributed by atoms with Crippen LogP contribution in [0.3, 0.4) is 0 Å². The first-order valence-corrected chi connectivity index (χ1v) is 16.3. The van der Waals surface area contributed by atoms with Gasteiger partial charge in [-0.15, -0.1) is 0 Å². The van der Waals surface area contributed by atoms with Crippen molar-refractivity contribution in [2.75, 3.05) is 32.9 Å². The minimum atomic E-state index is -3.76. The molecule has 2 saturated heterocycles. The number of aliphatic hydroxyl groups excluding tert-OH is 1. The summed E-state index contributed by atoms with van der Waals surface area (Å²) in [7, 11) is -2.37. The molecule has 0 unspecified atom stereocenters. The molecule has 2 saturated carbocycles. The normalized spacial score (nSPS) is 27.5. The monoisotopic (exact) mass is 617 g/mol. The number of aliphatic hydroxyl groups is 1. The maximum absolute atomic E-state index is 13.9. The van der Waals surface area contributed by atoms with Crippen LogP contribution in [0.5, 0.6) is 0 Å². The first-order valence-electron chi connectivity index (χ1n) is 14.5. The molecule has 1 aromatic rings. The summed E-state index contributed by atoms with van der Waals surface area (Å²) < 4.78 is 64.6. The Labute approximate surface area is 244 Å². The van der Waals surface area contributed by atoms with Gasteiger partial charge in [0.25, 0.3) is 0 Å². The molecule has 4 fully saturated rings. The van der Waals surface area contributed by atoms with Gasteiger partial charge in [-0.1, -0.05) is 11.6 Å². The van der Waals surface area contributed by atoms with Crippen LogP contribution in [0.4, 0.5) is 13.6 Å². The smallest absolute Gasteiger partial charge is 0.410 e. The number of aromatic nitrogens is 2. The SMILES string of the molecule is CN(C1(c2nc(C3CC(F)(F)C3)no2)CCN(C(=O)[C@@H]2C[C@@H](O)C3(CCC3)CN2C(=O)OC(C)(C)C)CC1)S(C)(=O)=O. The Balaban J connectivity index is 1.36. The van der Waals surface area contributed by atoms with Gasteiger partial charge in [-0.3, -0.25) is 9.69 Å². The van der Waals surface area contributed by atoms with E-state index in [9.17, 15) is 31.9 Å². The molecule has 2 aliphatic heterocycles. The van der Waals surface area contributed by atoms with E-state index in [0.717, 1.165) is 29.8 Å². The number of amides is 2. The van der Waals surface area contributed by atoms with E-state index in [1.165, 1.54) is 11.9 Å². The molecule has 42 heavy (non-hydrogen) atoms. The fourth-order valence-corrected chi connectivity index (χ4v) is 7.63. The van der Waals surface area contributed by atoms with Gasteiger partial charge in [0, 0.05) is 57.3 Å². The highest BCUT2D eigenvalue weighted by Gasteiger charge is 2.55. The van der Waals surface area contributed by atoms with Crippen LogP contribution in [0, 0.1) is 5.41 Å². The van der Waals surface area contributed by atoms with Gasteiger partial charge in [0.05, 0.1) is 12.4 Å². The molecule has 1 N–H and O–H groups in total. The summed E-state index contributed by atoms with van der Waals surface area (Å²) >= 11 is 0. The molecule has 12 nitrogen and oxygen atoms in total. The summed E-state index contributed by atoms with van der Waals surface area (Å²) in [5.74, 6) is -3.59. The Bertz CT molecular complexity index is 1310. The zero-order valence-electron chi connectivity index (χ0n) is 24.8. The summed E-state index contributed by atoms with van der Waals surface area (Å²) in [6.45, 7) is 5.69. The van der Waals surface area contributed by atoms with Gasteiger partial charge in [-0.05, 0) is 46.5 Å². The van der Waals surface area contributed by atoms with Crippen LogP contribution in [0.1, 0.15) is 89.8 Å². The summed E-state index contributed by atoms with van der Waals surface area (Å²) in [4.78, 5) is 34.6. The van der Waals surface area contributed by atoms with Crippen molar-refractivity contribution < 1.29 is 41.2 Å². The lowest BCUT2D eigenvalue weighted by Crippen LogP contribution is -2.65. The van der Waals surface area contributed by atoms with E-state index in [1.807, 2.05) is 0 Å². The fourth-order valence-electron chi connectivity index (χ4n) is 6.73. The standard InChI is InChI=1S/C27H41F2N5O7S/c1-24(2,3)40-23(37)34-16-25(7-6-8-25)19(35)13-18(34)21(36)33-11-9-26(10-12-33,32(4)42(5,38)39)22-30-20(31-41-22)17-14-27(28,29)15-17/h17-19,35H,6-16H2,1-5H3/t18-,19+/m0/s1. The maximum Gasteiger partial charge on any atom is 0.410 e. The van der Waals surface area contributed by atoms with Crippen LogP contribution in [-0.2, 0) is 25.1 Å². The average molecular weight is 618 g/mol. The molecule has 0 aromatic carbocycles. The van der Waals surface area contributed by atoms with E-state index in [1.54, 1.807) is 25.7 Å². The number of ether oxygens (including phenoxy) is 1. The molecule has 2 atom stereocenters. The molecule has 0 radical (unpaired) electrons. The number of halogens is 2. The molecular formula is C27H41F2N5O7S. The number of alkyl halides is 2. The van der Waals surface area contributed by atoms with Gasteiger partial charge >= 0.3 is 6.09 Å². The first kappa shape index (κ1) is 31.0. The number of nitrogens with zero attached hydrogens (tertiary/aromatic N) is 5. The molecule has 1 aromatic heterocycles. The highest BCUT2D eigenvalue weighted by molar-refractivity contribution is 7.88. The van der Waals surface area contributed by atoms with Crippen molar-refractivity contribution in [3.05, 3.63) is 11.7 Å². The molecule has 15 heteroatoms. The maximum atomic E-state index is 13.9. The Hall–Kier alpha value is -2.39. The Kier molecular flexibility index (Phi) is 7.66. The third-order valence-electron chi connectivity index (χ3n) is 9.57. The van der Waals surface area contributed by atoms with E-state index in [0.29, 0.717) is 0 Å². The lowest BCUT2D eigenvalue weighted by atomic mass is 9.61. The summed E-state index contributed by atoms with van der Waals surface area (Å²) in [6.07, 6.45) is 1.69.